The van der Waals surface area contributed by atoms with Gasteiger partial charge < -0.3 is 24.6 Å². The van der Waals surface area contributed by atoms with Gasteiger partial charge in [0.15, 0.2) is 0 Å². The zero-order chi connectivity index (χ0) is 28.7. The number of hydrogen-bond donors (Lipinski definition) is 2. The molecular formula is C29H39F3N4O4. The van der Waals surface area contributed by atoms with E-state index in [-0.39, 0.29) is 6.42 Å². The van der Waals surface area contributed by atoms with Gasteiger partial charge in [0.2, 0.25) is 11.9 Å². The average Bonchev–Trinajstić information content (AvgIpc) is 3.28. The average molecular weight is 565 g/mol. The molecule has 0 saturated heterocycles. The maximum atomic E-state index is 13.7. The van der Waals surface area contributed by atoms with E-state index in [1.165, 1.54) is 0 Å². The molecule has 2 N–H and O–H groups in total. The first-order valence-corrected chi connectivity index (χ1v) is 14.3. The summed E-state index contributed by atoms with van der Waals surface area (Å²) in [5.74, 6) is -1.67. The number of nitrogens with one attached hydrogen (secondary N) is 1. The molecule has 0 aliphatic carbocycles. The number of imidazole rings is 1. The highest BCUT2D eigenvalue weighted by Gasteiger charge is 2.42. The third kappa shape index (κ3) is 7.91. The Labute approximate surface area is 232 Å². The van der Waals surface area contributed by atoms with Gasteiger partial charge in [0.25, 0.3) is 0 Å². The van der Waals surface area contributed by atoms with E-state index in [0.29, 0.717) is 42.7 Å². The van der Waals surface area contributed by atoms with E-state index in [1.807, 2.05) is 6.20 Å². The maximum absolute atomic E-state index is 13.7. The highest BCUT2D eigenvalue weighted by Crippen LogP contribution is 2.39. The van der Waals surface area contributed by atoms with Crippen LogP contribution >= 0.6 is 0 Å². The normalized spacial score (nSPS) is 19.0. The van der Waals surface area contributed by atoms with Crippen LogP contribution in [0.25, 0.3) is 0 Å². The third-order valence-electron chi connectivity index (χ3n) is 7.62. The molecule has 2 aromatic rings. The number of aryl methyl sites for hydroxylation is 1. The number of fused-ring (bicyclic) bond motifs is 2. The molecule has 1 aromatic carbocycles. The summed E-state index contributed by atoms with van der Waals surface area (Å²) in [4.78, 5) is 30.4. The first-order valence-electron chi connectivity index (χ1n) is 14.3. The maximum Gasteiger partial charge on any atom is 0.406 e. The van der Waals surface area contributed by atoms with Crippen molar-refractivity contribution >= 4 is 17.8 Å². The number of carbonyl (C=O) groups is 2. The van der Waals surface area contributed by atoms with Crippen LogP contribution in [-0.2, 0) is 29.0 Å². The molecule has 8 nitrogen and oxygen atoms in total. The number of carbonyl (C=O) groups excluding carboxylic acids is 1. The first kappa shape index (κ1) is 29.7. The van der Waals surface area contributed by atoms with Gasteiger partial charge in [0.05, 0.1) is 30.7 Å². The zero-order valence-corrected chi connectivity index (χ0v) is 23.0. The molecule has 220 valence electrons. The lowest BCUT2D eigenvalue weighted by molar-refractivity contribution is -0.169. The summed E-state index contributed by atoms with van der Waals surface area (Å²) in [5.41, 5.74) is 2.20. The fourth-order valence-corrected chi connectivity index (χ4v) is 5.70. The van der Waals surface area contributed by atoms with Crippen LogP contribution in [0.15, 0.2) is 24.4 Å². The number of unbranched alkanes of at least 4 members (excludes halogenated alkanes) is 4. The van der Waals surface area contributed by atoms with Gasteiger partial charge in [0, 0.05) is 25.7 Å². The highest BCUT2D eigenvalue weighted by molar-refractivity contribution is 5.84. The summed E-state index contributed by atoms with van der Waals surface area (Å²) in [6, 6.07) is 4.45. The summed E-state index contributed by atoms with van der Waals surface area (Å²) in [7, 11) is 0. The number of amides is 1. The monoisotopic (exact) mass is 564 g/mol. The lowest BCUT2D eigenvalue weighted by Crippen LogP contribution is -2.44. The third-order valence-corrected chi connectivity index (χ3v) is 7.62. The van der Waals surface area contributed by atoms with Gasteiger partial charge >= 0.3 is 12.1 Å². The second kappa shape index (κ2) is 13.4. The highest BCUT2D eigenvalue weighted by atomic mass is 19.4. The SMILES string of the molecule is CCCCCCCC1c2cc(OCCc3cn4c(n3)NCCC4)ccc2C[C@@H](CC(=O)O)C(=O)N1CC(F)(F)F. The van der Waals surface area contributed by atoms with Gasteiger partial charge in [0.1, 0.15) is 12.3 Å². The van der Waals surface area contributed by atoms with Crippen molar-refractivity contribution in [2.45, 2.75) is 89.9 Å². The topological polar surface area (TPSA) is 96.7 Å². The molecule has 0 radical (unpaired) electrons. The van der Waals surface area contributed by atoms with Gasteiger partial charge in [-0.1, -0.05) is 45.1 Å². The molecule has 40 heavy (non-hydrogen) atoms. The summed E-state index contributed by atoms with van der Waals surface area (Å²) in [5, 5.41) is 12.7. The van der Waals surface area contributed by atoms with Crippen molar-refractivity contribution in [1.82, 2.24) is 14.5 Å². The number of rotatable bonds is 13. The van der Waals surface area contributed by atoms with Crippen molar-refractivity contribution in [2.75, 3.05) is 25.0 Å². The van der Waals surface area contributed by atoms with E-state index >= 15 is 0 Å². The number of hydrogen-bond acceptors (Lipinski definition) is 5. The smallest absolute Gasteiger partial charge is 0.406 e. The molecule has 2 atom stereocenters. The van der Waals surface area contributed by atoms with Crippen LogP contribution in [0.2, 0.25) is 0 Å². The number of halogens is 3. The Kier molecular flexibility index (Phi) is 9.97. The fraction of sp³-hybridized carbons (Fsp3) is 0.621. The molecule has 1 amide bonds. The number of carboxylic acids is 1. The van der Waals surface area contributed by atoms with Crippen molar-refractivity contribution < 1.29 is 32.6 Å². The Balaban J connectivity index is 1.57. The molecule has 1 aromatic heterocycles. The number of nitrogens with zero attached hydrogens (tertiary/aromatic N) is 3. The molecular weight excluding hydrogens is 525 g/mol. The first-order chi connectivity index (χ1) is 19.1. The number of ether oxygens (including phenoxy) is 1. The second-order valence-corrected chi connectivity index (χ2v) is 10.8. The molecule has 11 heteroatoms. The number of alkyl halides is 3. The minimum Gasteiger partial charge on any atom is -0.493 e. The Morgan fingerprint density at radius 1 is 1.23 bits per heavy atom. The van der Waals surface area contributed by atoms with Gasteiger partial charge in [-0.25, -0.2) is 4.98 Å². The molecule has 2 aliphatic rings. The molecule has 0 spiro atoms. The van der Waals surface area contributed by atoms with Gasteiger partial charge in [-0.05, 0) is 42.5 Å². The van der Waals surface area contributed by atoms with Crippen molar-refractivity contribution in [3.63, 3.8) is 0 Å². The Hall–Kier alpha value is -3.24. The van der Waals surface area contributed by atoms with Crippen LogP contribution in [0.3, 0.4) is 0 Å². The molecule has 3 heterocycles. The predicted octanol–water partition coefficient (Wildman–Crippen LogP) is 5.76. The summed E-state index contributed by atoms with van der Waals surface area (Å²) in [6.07, 6.45) is 3.50. The second-order valence-electron chi connectivity index (χ2n) is 10.8. The van der Waals surface area contributed by atoms with Crippen LogP contribution in [0.1, 0.15) is 81.2 Å². The predicted molar refractivity (Wildman–Crippen MR) is 144 cm³/mol. The van der Waals surface area contributed by atoms with Crippen LogP contribution in [0.4, 0.5) is 19.1 Å². The minimum atomic E-state index is -4.61. The number of carboxylic acid groups (broad SMARTS) is 1. The Morgan fingerprint density at radius 3 is 2.75 bits per heavy atom. The van der Waals surface area contributed by atoms with E-state index in [1.54, 1.807) is 18.2 Å². The van der Waals surface area contributed by atoms with Crippen molar-refractivity contribution in [1.29, 1.82) is 0 Å². The van der Waals surface area contributed by atoms with Gasteiger partial charge in [-0.2, -0.15) is 13.2 Å². The number of anilines is 1. The molecule has 4 rings (SSSR count). The van der Waals surface area contributed by atoms with Crippen LogP contribution in [-0.4, -0.2) is 57.3 Å². The Morgan fingerprint density at radius 2 is 2.02 bits per heavy atom. The molecule has 1 unspecified atom stereocenters. The molecule has 0 saturated carbocycles. The molecule has 0 bridgehead atoms. The van der Waals surface area contributed by atoms with E-state index in [0.717, 1.165) is 61.7 Å². The summed E-state index contributed by atoms with van der Waals surface area (Å²) in [6.45, 7) is 2.82. The van der Waals surface area contributed by atoms with Gasteiger partial charge in [-0.15, -0.1) is 0 Å². The number of benzene rings is 1. The van der Waals surface area contributed by atoms with Gasteiger partial charge in [-0.3, -0.25) is 9.59 Å². The minimum absolute atomic E-state index is 0.0780. The largest absolute Gasteiger partial charge is 0.493 e. The van der Waals surface area contributed by atoms with E-state index in [4.69, 9.17) is 4.74 Å². The summed E-state index contributed by atoms with van der Waals surface area (Å²) >= 11 is 0. The lowest BCUT2D eigenvalue weighted by atomic mass is 9.91. The Bertz CT molecular complexity index is 1140. The van der Waals surface area contributed by atoms with Crippen molar-refractivity contribution in [3.05, 3.63) is 41.2 Å². The lowest BCUT2D eigenvalue weighted by Gasteiger charge is -2.33. The van der Waals surface area contributed by atoms with Crippen molar-refractivity contribution in [2.24, 2.45) is 5.92 Å². The zero-order valence-electron chi connectivity index (χ0n) is 23.0. The quantitative estimate of drug-likeness (QED) is 0.301. The van der Waals surface area contributed by atoms with Crippen molar-refractivity contribution in [3.8, 4) is 5.75 Å². The summed E-state index contributed by atoms with van der Waals surface area (Å²) < 4.78 is 49.3. The van der Waals surface area contributed by atoms with E-state index in [2.05, 4.69) is 21.8 Å². The number of aromatic nitrogens is 2. The standard InChI is InChI=1S/C29H39F3N4O4/c1-2-3-4-5-6-8-25-24-17-23(40-14-11-22-18-35-13-7-12-33-28(35)34-22)10-9-20(24)15-21(16-26(37)38)27(39)36(25)19-29(30,31)32/h9-10,17-18,21,25H,2-8,11-16,19H2,1H3,(H,33,34)(H,37,38)/t21-,25?/m0/s1. The van der Waals surface area contributed by atoms with E-state index in [9.17, 15) is 27.9 Å². The number of aliphatic carboxylic acids is 1. The van der Waals surface area contributed by atoms with E-state index < -0.39 is 43.0 Å². The van der Waals surface area contributed by atoms with Crippen LogP contribution in [0.5, 0.6) is 5.75 Å². The van der Waals surface area contributed by atoms with Crippen LogP contribution < -0.4 is 10.1 Å². The molecule has 0 fully saturated rings. The van der Waals surface area contributed by atoms with Crippen LogP contribution in [0, 0.1) is 5.92 Å². The fourth-order valence-electron chi connectivity index (χ4n) is 5.70. The molecule has 2 aliphatic heterocycles.